The van der Waals surface area contributed by atoms with Crippen molar-refractivity contribution >= 4 is 20.0 Å². The van der Waals surface area contributed by atoms with Gasteiger partial charge in [-0.25, -0.2) is 21.6 Å². The van der Waals surface area contributed by atoms with E-state index >= 15 is 0 Å². The summed E-state index contributed by atoms with van der Waals surface area (Å²) in [4.78, 5) is 0.457. The van der Waals surface area contributed by atoms with Crippen molar-refractivity contribution in [3.05, 3.63) is 53.6 Å². The third-order valence-electron chi connectivity index (χ3n) is 7.48. The van der Waals surface area contributed by atoms with E-state index in [1.807, 2.05) is 19.9 Å². The van der Waals surface area contributed by atoms with E-state index in [1.165, 1.54) is 19.2 Å². The summed E-state index contributed by atoms with van der Waals surface area (Å²) in [5.41, 5.74) is 1.37. The molecule has 4 rings (SSSR count). The minimum atomic E-state index is -3.58. The molecule has 10 nitrogen and oxygen atoms in total. The van der Waals surface area contributed by atoms with Gasteiger partial charge in [-0.2, -0.15) is 4.31 Å². The van der Waals surface area contributed by atoms with Crippen LogP contribution in [0.2, 0.25) is 0 Å². The van der Waals surface area contributed by atoms with Crippen LogP contribution in [0.25, 0.3) is 0 Å². The zero-order chi connectivity index (χ0) is 27.6. The van der Waals surface area contributed by atoms with Gasteiger partial charge in [0.05, 0.1) is 22.0 Å². The molecule has 0 aromatic heterocycles. The summed E-state index contributed by atoms with van der Waals surface area (Å²) in [6, 6.07) is 11.5. The highest BCUT2D eigenvalue weighted by Crippen LogP contribution is 2.37. The van der Waals surface area contributed by atoms with E-state index in [2.05, 4.69) is 10.0 Å². The monoisotopic (exact) mass is 567 g/mol. The van der Waals surface area contributed by atoms with Gasteiger partial charge in [0, 0.05) is 31.7 Å². The molecule has 38 heavy (non-hydrogen) atoms. The number of aliphatic hydroxyl groups excluding tert-OH is 1. The van der Waals surface area contributed by atoms with E-state index in [0.29, 0.717) is 43.2 Å². The van der Waals surface area contributed by atoms with Crippen LogP contribution in [0.3, 0.4) is 0 Å². The number of aryl methyl sites for hydroxylation is 1. The van der Waals surface area contributed by atoms with Gasteiger partial charge in [-0.1, -0.05) is 18.2 Å². The summed E-state index contributed by atoms with van der Waals surface area (Å²) < 4.78 is 66.0. The third-order valence-corrected chi connectivity index (χ3v) is 10.9. The average Bonchev–Trinajstić information content (AvgIpc) is 3.30. The second-order valence-electron chi connectivity index (χ2n) is 10.1. The van der Waals surface area contributed by atoms with E-state index < -0.39 is 26.2 Å². The molecule has 0 radical (unpaired) electrons. The van der Waals surface area contributed by atoms with E-state index in [9.17, 15) is 21.9 Å². The summed E-state index contributed by atoms with van der Waals surface area (Å²) in [7, 11) is -5.80. The van der Waals surface area contributed by atoms with Crippen molar-refractivity contribution < 1.29 is 31.4 Å². The number of rotatable bonds is 10. The topological polar surface area (TPSA) is 134 Å². The fourth-order valence-corrected chi connectivity index (χ4v) is 7.51. The Hall–Kier alpha value is -2.06. The number of piperidine rings is 1. The molecule has 2 atom stereocenters. The van der Waals surface area contributed by atoms with Crippen LogP contribution in [0, 0.1) is 13.8 Å². The first-order valence-corrected chi connectivity index (χ1v) is 15.7. The minimum Gasteiger partial charge on any atom is -0.491 e. The van der Waals surface area contributed by atoms with Gasteiger partial charge >= 0.3 is 0 Å². The maximum Gasteiger partial charge on any atom is 0.243 e. The predicted octanol–water partition coefficient (Wildman–Crippen LogP) is 1.55. The van der Waals surface area contributed by atoms with Crippen LogP contribution in [0.4, 0.5) is 0 Å². The molecular weight excluding hydrogens is 530 g/mol. The van der Waals surface area contributed by atoms with Gasteiger partial charge in [0.15, 0.2) is 0 Å². The molecule has 2 saturated heterocycles. The molecule has 0 bridgehead atoms. The number of benzene rings is 2. The molecule has 0 saturated carbocycles. The van der Waals surface area contributed by atoms with Gasteiger partial charge in [0.2, 0.25) is 20.0 Å². The van der Waals surface area contributed by atoms with Crippen molar-refractivity contribution in [1.29, 1.82) is 0 Å². The Bertz CT molecular complexity index is 1340. The maximum absolute atomic E-state index is 13.3. The number of hydrogen-bond acceptors (Lipinski definition) is 8. The van der Waals surface area contributed by atoms with Crippen LogP contribution < -0.4 is 14.8 Å². The van der Waals surface area contributed by atoms with Crippen molar-refractivity contribution in [3.63, 3.8) is 0 Å². The lowest BCUT2D eigenvalue weighted by atomic mass is 9.88. The molecule has 2 aliphatic rings. The van der Waals surface area contributed by atoms with Crippen LogP contribution >= 0.6 is 0 Å². The van der Waals surface area contributed by atoms with Crippen molar-refractivity contribution in [1.82, 2.24) is 14.3 Å². The Morgan fingerprint density at radius 2 is 1.84 bits per heavy atom. The van der Waals surface area contributed by atoms with E-state index in [-0.39, 0.29) is 29.7 Å². The predicted molar refractivity (Wildman–Crippen MR) is 143 cm³/mol. The largest absolute Gasteiger partial charge is 0.491 e. The molecule has 1 unspecified atom stereocenters. The molecule has 0 amide bonds. The van der Waals surface area contributed by atoms with Crippen LogP contribution in [0.5, 0.6) is 5.75 Å². The van der Waals surface area contributed by atoms with E-state index in [4.69, 9.17) is 9.47 Å². The molecule has 1 spiro atoms. The van der Waals surface area contributed by atoms with Gasteiger partial charge in [-0.05, 0) is 69.5 Å². The van der Waals surface area contributed by atoms with Gasteiger partial charge in [-0.3, -0.25) is 0 Å². The standard InChI is InChI=1S/C26H37N3O7S2/c1-19-6-4-9-25(20(19)2)38(33,34)29-12-10-26(11-13-29)15-21(17-36-26)28-16-22(30)18-35-23-7-5-8-24(14-23)37(31,32)27-3/h4-9,14,21-22,27-28,30H,10-13,15-18H2,1-3H3/t21?,22-/m0/s1. The summed E-state index contributed by atoms with van der Waals surface area (Å²) in [6.07, 6.45) is 1.17. The molecule has 2 fully saturated rings. The number of aliphatic hydroxyl groups is 1. The average molecular weight is 568 g/mol. The van der Waals surface area contributed by atoms with Gasteiger partial charge in [0.25, 0.3) is 0 Å². The smallest absolute Gasteiger partial charge is 0.243 e. The van der Waals surface area contributed by atoms with Crippen molar-refractivity contribution in [3.8, 4) is 5.75 Å². The highest BCUT2D eigenvalue weighted by Gasteiger charge is 2.45. The summed E-state index contributed by atoms with van der Waals surface area (Å²) in [5, 5.41) is 13.7. The lowest BCUT2D eigenvalue weighted by molar-refractivity contribution is -0.0312. The highest BCUT2D eigenvalue weighted by atomic mass is 32.2. The number of nitrogens with one attached hydrogen (secondary N) is 2. The maximum atomic E-state index is 13.3. The minimum absolute atomic E-state index is 0.0000287. The zero-order valence-corrected chi connectivity index (χ0v) is 23.6. The molecule has 2 heterocycles. The SMILES string of the molecule is CNS(=O)(=O)c1cccc(OC[C@@H](O)CNC2COC3(CCN(S(=O)(=O)c4cccc(C)c4C)CC3)C2)c1. The van der Waals surface area contributed by atoms with Gasteiger partial charge < -0.3 is 19.9 Å². The fraction of sp³-hybridized carbons (Fsp3) is 0.538. The van der Waals surface area contributed by atoms with E-state index in [1.54, 1.807) is 28.6 Å². The normalized spacial score (nSPS) is 21.0. The second kappa shape index (κ2) is 11.6. The Kier molecular flexibility index (Phi) is 8.82. The molecular formula is C26H37N3O7S2. The molecule has 210 valence electrons. The molecule has 2 aromatic rings. The van der Waals surface area contributed by atoms with Crippen LogP contribution in [-0.2, 0) is 24.8 Å². The van der Waals surface area contributed by atoms with Crippen LogP contribution in [-0.4, -0.2) is 83.9 Å². The molecule has 3 N–H and O–H groups in total. The second-order valence-corrected chi connectivity index (χ2v) is 13.8. The fourth-order valence-electron chi connectivity index (χ4n) is 5.00. The summed E-state index contributed by atoms with van der Waals surface area (Å²) in [5.74, 6) is 0.353. The number of sulfonamides is 2. The van der Waals surface area contributed by atoms with Gasteiger partial charge in [-0.15, -0.1) is 0 Å². The number of nitrogens with zero attached hydrogens (tertiary/aromatic N) is 1. The van der Waals surface area contributed by atoms with Crippen molar-refractivity contribution in [2.24, 2.45) is 0 Å². The van der Waals surface area contributed by atoms with E-state index in [0.717, 1.165) is 17.5 Å². The first-order valence-electron chi connectivity index (χ1n) is 12.7. The Labute approximate surface area is 225 Å². The first kappa shape index (κ1) is 28.9. The molecule has 2 aromatic carbocycles. The quantitative estimate of drug-likeness (QED) is 0.394. The molecule has 2 aliphatic heterocycles. The summed E-state index contributed by atoms with van der Waals surface area (Å²) in [6.45, 7) is 5.34. The first-order chi connectivity index (χ1) is 18.0. The Morgan fingerprint density at radius 1 is 1.13 bits per heavy atom. The number of hydrogen-bond donors (Lipinski definition) is 3. The third kappa shape index (κ3) is 6.39. The van der Waals surface area contributed by atoms with Crippen LogP contribution in [0.1, 0.15) is 30.4 Å². The Morgan fingerprint density at radius 3 is 2.55 bits per heavy atom. The molecule has 0 aliphatic carbocycles. The lowest BCUT2D eigenvalue weighted by Gasteiger charge is -2.38. The summed E-state index contributed by atoms with van der Waals surface area (Å²) >= 11 is 0. The van der Waals surface area contributed by atoms with Crippen molar-refractivity contribution in [2.75, 3.05) is 39.9 Å². The zero-order valence-electron chi connectivity index (χ0n) is 22.0. The lowest BCUT2D eigenvalue weighted by Crippen LogP contribution is -2.47. The number of ether oxygens (including phenoxy) is 2. The van der Waals surface area contributed by atoms with Gasteiger partial charge in [0.1, 0.15) is 18.5 Å². The molecule has 12 heteroatoms. The van der Waals surface area contributed by atoms with Crippen LogP contribution in [0.15, 0.2) is 52.3 Å². The van der Waals surface area contributed by atoms with Crippen molar-refractivity contribution in [2.45, 2.75) is 60.6 Å². The Balaban J connectivity index is 1.24. The highest BCUT2D eigenvalue weighted by molar-refractivity contribution is 7.89.